The SMILES string of the molecule is CC(=O)Nc1ccc(S(=O)(=O)N2CCCC2)cc1.Nc1ccc(S(=O)(=O)N2CCCC2)cc1. The Balaban J connectivity index is 0.000000189. The first-order chi connectivity index (χ1) is 15.6. The van der Waals surface area contributed by atoms with Crippen LogP contribution in [0.2, 0.25) is 0 Å². The van der Waals surface area contributed by atoms with Crippen LogP contribution in [0, 0.1) is 0 Å². The summed E-state index contributed by atoms with van der Waals surface area (Å²) < 4.78 is 51.5. The smallest absolute Gasteiger partial charge is 0.243 e. The molecule has 4 rings (SSSR count). The monoisotopic (exact) mass is 494 g/mol. The number of sulfonamides is 2. The van der Waals surface area contributed by atoms with Crippen LogP contribution in [0.15, 0.2) is 58.3 Å². The van der Waals surface area contributed by atoms with E-state index in [0.29, 0.717) is 42.4 Å². The Morgan fingerprint density at radius 3 is 1.45 bits per heavy atom. The number of amides is 1. The molecule has 2 heterocycles. The average molecular weight is 495 g/mol. The zero-order valence-electron chi connectivity index (χ0n) is 18.6. The van der Waals surface area contributed by atoms with Crippen molar-refractivity contribution < 1.29 is 21.6 Å². The van der Waals surface area contributed by atoms with E-state index < -0.39 is 20.0 Å². The third kappa shape index (κ3) is 6.32. The first-order valence-electron chi connectivity index (χ1n) is 10.8. The van der Waals surface area contributed by atoms with Gasteiger partial charge in [0.05, 0.1) is 9.79 Å². The van der Waals surface area contributed by atoms with Gasteiger partial charge < -0.3 is 11.1 Å². The van der Waals surface area contributed by atoms with E-state index in [-0.39, 0.29) is 10.8 Å². The van der Waals surface area contributed by atoms with Gasteiger partial charge in [-0.3, -0.25) is 4.79 Å². The van der Waals surface area contributed by atoms with Gasteiger partial charge in [0.25, 0.3) is 0 Å². The second kappa shape index (κ2) is 10.6. The van der Waals surface area contributed by atoms with E-state index in [9.17, 15) is 21.6 Å². The Labute approximate surface area is 195 Å². The maximum absolute atomic E-state index is 12.2. The van der Waals surface area contributed by atoms with Gasteiger partial charge in [-0.2, -0.15) is 8.61 Å². The third-order valence-electron chi connectivity index (χ3n) is 5.46. The molecule has 1 amide bonds. The molecule has 0 unspecified atom stereocenters. The van der Waals surface area contributed by atoms with E-state index in [4.69, 9.17) is 5.73 Å². The number of hydrogen-bond donors (Lipinski definition) is 2. The molecule has 0 spiro atoms. The quantitative estimate of drug-likeness (QED) is 0.614. The number of nitrogens with one attached hydrogen (secondary N) is 1. The Morgan fingerprint density at radius 2 is 1.09 bits per heavy atom. The molecule has 2 saturated heterocycles. The number of nitrogens with two attached hydrogens (primary N) is 1. The van der Waals surface area contributed by atoms with Crippen LogP contribution in [-0.4, -0.2) is 57.5 Å². The second-order valence-electron chi connectivity index (χ2n) is 8.00. The summed E-state index contributed by atoms with van der Waals surface area (Å²) in [7, 11) is -6.64. The maximum Gasteiger partial charge on any atom is 0.243 e. The molecule has 2 fully saturated rings. The van der Waals surface area contributed by atoms with E-state index in [1.54, 1.807) is 36.4 Å². The Hall–Kier alpha value is -2.47. The summed E-state index contributed by atoms with van der Waals surface area (Å²) >= 11 is 0. The molecular weight excluding hydrogens is 464 g/mol. The number of anilines is 2. The van der Waals surface area contributed by atoms with Crippen LogP contribution in [0.4, 0.5) is 11.4 Å². The lowest BCUT2D eigenvalue weighted by atomic mass is 10.3. The molecule has 0 radical (unpaired) electrons. The Bertz CT molecular complexity index is 1150. The predicted octanol–water partition coefficient (Wildman–Crippen LogP) is 2.48. The highest BCUT2D eigenvalue weighted by Gasteiger charge is 2.27. The molecule has 180 valence electrons. The minimum atomic E-state index is -3.36. The van der Waals surface area contributed by atoms with Crippen LogP contribution in [0.1, 0.15) is 32.6 Å². The van der Waals surface area contributed by atoms with Gasteiger partial charge in [-0.15, -0.1) is 0 Å². The van der Waals surface area contributed by atoms with Gasteiger partial charge in [-0.05, 0) is 74.2 Å². The molecule has 3 N–H and O–H groups in total. The summed E-state index contributed by atoms with van der Waals surface area (Å²) in [5, 5.41) is 2.61. The third-order valence-corrected chi connectivity index (χ3v) is 9.29. The van der Waals surface area contributed by atoms with Crippen molar-refractivity contribution >= 4 is 37.3 Å². The first-order valence-corrected chi connectivity index (χ1v) is 13.7. The lowest BCUT2D eigenvalue weighted by Crippen LogP contribution is -2.27. The van der Waals surface area contributed by atoms with Crippen LogP contribution in [0.25, 0.3) is 0 Å². The van der Waals surface area contributed by atoms with Gasteiger partial charge in [0.15, 0.2) is 0 Å². The lowest BCUT2D eigenvalue weighted by molar-refractivity contribution is -0.114. The number of nitrogen functional groups attached to an aromatic ring is 1. The number of nitrogens with zero attached hydrogens (tertiary/aromatic N) is 2. The summed E-state index contributed by atoms with van der Waals surface area (Å²) in [5.41, 5.74) is 6.69. The minimum Gasteiger partial charge on any atom is -0.399 e. The van der Waals surface area contributed by atoms with Gasteiger partial charge in [0.1, 0.15) is 0 Å². The van der Waals surface area contributed by atoms with Gasteiger partial charge in [-0.1, -0.05) is 0 Å². The zero-order chi connectivity index (χ0) is 24.1. The topological polar surface area (TPSA) is 130 Å². The summed E-state index contributed by atoms with van der Waals surface area (Å²) in [5.74, 6) is -0.176. The normalized spacial score (nSPS) is 17.4. The number of carbonyl (C=O) groups excluding carboxylic acids is 1. The largest absolute Gasteiger partial charge is 0.399 e. The minimum absolute atomic E-state index is 0.176. The zero-order valence-corrected chi connectivity index (χ0v) is 20.2. The molecule has 0 aliphatic carbocycles. The number of rotatable bonds is 5. The van der Waals surface area contributed by atoms with Crippen molar-refractivity contribution in [1.82, 2.24) is 8.61 Å². The Morgan fingerprint density at radius 1 is 0.727 bits per heavy atom. The summed E-state index contributed by atoms with van der Waals surface area (Å²) in [6, 6.07) is 12.6. The van der Waals surface area contributed by atoms with Crippen LogP contribution in [0.3, 0.4) is 0 Å². The molecule has 0 bridgehead atoms. The van der Waals surface area contributed by atoms with Crippen LogP contribution in [0.5, 0.6) is 0 Å². The number of carbonyl (C=O) groups is 1. The molecule has 0 saturated carbocycles. The van der Waals surface area contributed by atoms with Crippen LogP contribution >= 0.6 is 0 Å². The number of benzene rings is 2. The molecule has 2 aliphatic rings. The van der Waals surface area contributed by atoms with E-state index in [1.165, 1.54) is 27.7 Å². The van der Waals surface area contributed by atoms with Crippen molar-refractivity contribution in [3.8, 4) is 0 Å². The maximum atomic E-state index is 12.2. The second-order valence-corrected chi connectivity index (χ2v) is 11.9. The van der Waals surface area contributed by atoms with Crippen molar-refractivity contribution in [2.24, 2.45) is 0 Å². The van der Waals surface area contributed by atoms with E-state index in [2.05, 4.69) is 5.32 Å². The fraction of sp³-hybridized carbons (Fsp3) is 0.409. The highest BCUT2D eigenvalue weighted by molar-refractivity contribution is 7.89. The molecule has 2 aromatic rings. The predicted molar refractivity (Wildman–Crippen MR) is 128 cm³/mol. The van der Waals surface area contributed by atoms with E-state index in [0.717, 1.165) is 25.7 Å². The fourth-order valence-corrected chi connectivity index (χ4v) is 6.74. The summed E-state index contributed by atoms with van der Waals surface area (Å²) in [4.78, 5) is 11.5. The summed E-state index contributed by atoms with van der Waals surface area (Å²) in [6.07, 6.45) is 3.74. The fourth-order valence-electron chi connectivity index (χ4n) is 3.71. The van der Waals surface area contributed by atoms with Crippen molar-refractivity contribution in [3.05, 3.63) is 48.5 Å². The van der Waals surface area contributed by atoms with E-state index >= 15 is 0 Å². The molecule has 0 aromatic heterocycles. The van der Waals surface area contributed by atoms with Crippen molar-refractivity contribution in [1.29, 1.82) is 0 Å². The average Bonchev–Trinajstić information content (AvgIpc) is 3.49. The van der Waals surface area contributed by atoms with Crippen molar-refractivity contribution in [3.63, 3.8) is 0 Å². The summed E-state index contributed by atoms with van der Waals surface area (Å²) in [6.45, 7) is 3.86. The molecule has 2 aromatic carbocycles. The lowest BCUT2D eigenvalue weighted by Gasteiger charge is -2.15. The van der Waals surface area contributed by atoms with Crippen molar-refractivity contribution in [2.45, 2.75) is 42.4 Å². The molecule has 2 aliphatic heterocycles. The molecule has 0 atom stereocenters. The van der Waals surface area contributed by atoms with Gasteiger partial charge >= 0.3 is 0 Å². The highest BCUT2D eigenvalue weighted by atomic mass is 32.2. The highest BCUT2D eigenvalue weighted by Crippen LogP contribution is 2.23. The molecule has 11 heteroatoms. The molecule has 9 nitrogen and oxygen atoms in total. The van der Waals surface area contributed by atoms with Crippen molar-refractivity contribution in [2.75, 3.05) is 37.2 Å². The molecule has 33 heavy (non-hydrogen) atoms. The van der Waals surface area contributed by atoms with Gasteiger partial charge in [-0.25, -0.2) is 16.8 Å². The van der Waals surface area contributed by atoms with Gasteiger partial charge in [0.2, 0.25) is 26.0 Å². The van der Waals surface area contributed by atoms with Crippen LogP contribution < -0.4 is 11.1 Å². The molecular formula is C22H30N4O5S2. The van der Waals surface area contributed by atoms with E-state index in [1.807, 2.05) is 0 Å². The standard InChI is InChI=1S/C12H16N2O3S.C10H14N2O2S/c1-10(15)13-11-4-6-12(7-5-11)18(16,17)14-8-2-3-9-14;11-9-3-5-10(6-4-9)15(13,14)12-7-1-2-8-12/h4-7H,2-3,8-9H2,1H3,(H,13,15);3-6H,1-2,7-8,11H2. The first kappa shape index (κ1) is 25.2. The Kier molecular flexibility index (Phi) is 8.11. The van der Waals surface area contributed by atoms with Crippen LogP contribution in [-0.2, 0) is 24.8 Å². The van der Waals surface area contributed by atoms with Gasteiger partial charge in [0, 0.05) is 44.5 Å². The number of hydrogen-bond acceptors (Lipinski definition) is 6.